The van der Waals surface area contributed by atoms with Gasteiger partial charge < -0.3 is 15.7 Å². The van der Waals surface area contributed by atoms with E-state index >= 15 is 0 Å². The molecule has 5 nitrogen and oxygen atoms in total. The second-order valence-corrected chi connectivity index (χ2v) is 6.55. The predicted octanol–water partition coefficient (Wildman–Crippen LogP) is 2.16. The standard InChI is InChI=1S/C13H18F3N3O2S/c1-12(7-20,8-2-3-8)19-11(21)17-5-4-10-18-9(6-22-10)13(14,15)16/h6,8,20H,2-5,7H2,1H3,(H2,17,19,21). The lowest BCUT2D eigenvalue weighted by molar-refractivity contribution is -0.140. The lowest BCUT2D eigenvalue weighted by Gasteiger charge is -2.28. The van der Waals surface area contributed by atoms with E-state index in [9.17, 15) is 23.1 Å². The van der Waals surface area contributed by atoms with Crippen LogP contribution >= 0.6 is 11.3 Å². The Balaban J connectivity index is 1.76. The number of hydrogen-bond acceptors (Lipinski definition) is 4. The molecule has 0 bridgehead atoms. The molecule has 0 aromatic carbocycles. The Kier molecular flexibility index (Phi) is 4.96. The van der Waals surface area contributed by atoms with Gasteiger partial charge in [0.15, 0.2) is 5.69 Å². The van der Waals surface area contributed by atoms with Gasteiger partial charge in [0.25, 0.3) is 0 Å². The van der Waals surface area contributed by atoms with Crippen molar-refractivity contribution in [2.24, 2.45) is 5.92 Å². The van der Waals surface area contributed by atoms with E-state index in [0.717, 1.165) is 29.6 Å². The number of rotatable bonds is 6. The number of carbonyl (C=O) groups is 1. The van der Waals surface area contributed by atoms with Crippen molar-refractivity contribution in [2.75, 3.05) is 13.2 Å². The number of alkyl halides is 3. The first-order valence-corrected chi connectivity index (χ1v) is 7.81. The molecule has 1 unspecified atom stereocenters. The lowest BCUT2D eigenvalue weighted by atomic mass is 9.97. The molecule has 1 atom stereocenters. The number of carbonyl (C=O) groups excluding carboxylic acids is 1. The Morgan fingerprint density at radius 3 is 2.68 bits per heavy atom. The van der Waals surface area contributed by atoms with Crippen LogP contribution in [-0.4, -0.2) is 34.8 Å². The minimum Gasteiger partial charge on any atom is -0.394 e. The molecule has 9 heteroatoms. The van der Waals surface area contributed by atoms with E-state index in [1.54, 1.807) is 6.92 Å². The summed E-state index contributed by atoms with van der Waals surface area (Å²) in [7, 11) is 0. The molecule has 1 aliphatic carbocycles. The quantitative estimate of drug-likeness (QED) is 0.745. The first-order chi connectivity index (χ1) is 10.2. The number of amides is 2. The molecule has 1 aromatic heterocycles. The molecule has 1 heterocycles. The molecule has 0 saturated heterocycles. The van der Waals surface area contributed by atoms with E-state index in [0.29, 0.717) is 5.01 Å². The van der Waals surface area contributed by atoms with Crippen LogP contribution in [0.15, 0.2) is 5.38 Å². The Labute approximate surface area is 129 Å². The topological polar surface area (TPSA) is 74.2 Å². The van der Waals surface area contributed by atoms with Crippen molar-refractivity contribution in [2.45, 2.75) is 37.9 Å². The second-order valence-electron chi connectivity index (χ2n) is 5.60. The summed E-state index contributed by atoms with van der Waals surface area (Å²) in [6.45, 7) is 1.82. The van der Waals surface area contributed by atoms with E-state index in [2.05, 4.69) is 15.6 Å². The zero-order valence-corrected chi connectivity index (χ0v) is 12.9. The van der Waals surface area contributed by atoms with Gasteiger partial charge in [0.2, 0.25) is 0 Å². The van der Waals surface area contributed by atoms with Gasteiger partial charge in [0, 0.05) is 18.3 Å². The van der Waals surface area contributed by atoms with Gasteiger partial charge in [-0.2, -0.15) is 13.2 Å². The first-order valence-electron chi connectivity index (χ1n) is 6.93. The van der Waals surface area contributed by atoms with Gasteiger partial charge in [0.05, 0.1) is 17.2 Å². The zero-order valence-electron chi connectivity index (χ0n) is 12.0. The predicted molar refractivity (Wildman–Crippen MR) is 75.6 cm³/mol. The van der Waals surface area contributed by atoms with Gasteiger partial charge in [-0.15, -0.1) is 11.3 Å². The van der Waals surface area contributed by atoms with Crippen LogP contribution in [0.3, 0.4) is 0 Å². The van der Waals surface area contributed by atoms with E-state index in [-0.39, 0.29) is 25.5 Å². The molecular formula is C13H18F3N3O2S. The van der Waals surface area contributed by atoms with Gasteiger partial charge in [0.1, 0.15) is 0 Å². The van der Waals surface area contributed by atoms with Crippen molar-refractivity contribution in [3.8, 4) is 0 Å². The molecule has 2 amide bonds. The van der Waals surface area contributed by atoms with Gasteiger partial charge in [-0.3, -0.25) is 0 Å². The molecule has 1 aliphatic rings. The van der Waals surface area contributed by atoms with E-state index in [1.807, 2.05) is 0 Å². The first kappa shape index (κ1) is 17.0. The summed E-state index contributed by atoms with van der Waals surface area (Å²) in [5.41, 5.74) is -1.55. The Morgan fingerprint density at radius 1 is 1.50 bits per heavy atom. The number of aromatic nitrogens is 1. The van der Waals surface area contributed by atoms with Crippen LogP contribution in [-0.2, 0) is 12.6 Å². The molecule has 0 spiro atoms. The van der Waals surface area contributed by atoms with Crippen LogP contribution in [0.2, 0.25) is 0 Å². The van der Waals surface area contributed by atoms with Crippen LogP contribution in [0.25, 0.3) is 0 Å². The highest BCUT2D eigenvalue weighted by atomic mass is 32.1. The molecule has 0 aliphatic heterocycles. The number of hydrogen-bond donors (Lipinski definition) is 3. The van der Waals surface area contributed by atoms with Crippen LogP contribution in [0.1, 0.15) is 30.5 Å². The highest BCUT2D eigenvalue weighted by Crippen LogP contribution is 2.39. The number of aliphatic hydroxyl groups is 1. The fourth-order valence-electron chi connectivity index (χ4n) is 2.13. The highest BCUT2D eigenvalue weighted by molar-refractivity contribution is 7.09. The maximum absolute atomic E-state index is 12.4. The third-order valence-corrected chi connectivity index (χ3v) is 4.58. The minimum absolute atomic E-state index is 0.146. The summed E-state index contributed by atoms with van der Waals surface area (Å²) in [5, 5.41) is 16.0. The molecule has 0 radical (unpaired) electrons. The summed E-state index contributed by atoms with van der Waals surface area (Å²) < 4.78 is 37.2. The number of thiazole rings is 1. The average molecular weight is 337 g/mol. The fraction of sp³-hybridized carbons (Fsp3) is 0.692. The molecule has 124 valence electrons. The Bertz CT molecular complexity index is 531. The summed E-state index contributed by atoms with van der Waals surface area (Å²) in [5.74, 6) is 0.275. The summed E-state index contributed by atoms with van der Waals surface area (Å²) in [6, 6.07) is -0.434. The van der Waals surface area contributed by atoms with Crippen molar-refractivity contribution in [3.63, 3.8) is 0 Å². The van der Waals surface area contributed by atoms with E-state index in [1.165, 1.54) is 0 Å². The van der Waals surface area contributed by atoms with Crippen LogP contribution < -0.4 is 10.6 Å². The number of urea groups is 1. The number of halogens is 3. The smallest absolute Gasteiger partial charge is 0.394 e. The largest absolute Gasteiger partial charge is 0.434 e. The second kappa shape index (κ2) is 6.41. The van der Waals surface area contributed by atoms with Gasteiger partial charge >= 0.3 is 12.2 Å². The van der Waals surface area contributed by atoms with E-state index < -0.39 is 23.4 Å². The average Bonchev–Trinajstić information content (AvgIpc) is 3.18. The van der Waals surface area contributed by atoms with Crippen molar-refractivity contribution >= 4 is 17.4 Å². The minimum atomic E-state index is -4.44. The molecule has 1 fully saturated rings. The molecule has 22 heavy (non-hydrogen) atoms. The molecule has 3 N–H and O–H groups in total. The van der Waals surface area contributed by atoms with Crippen LogP contribution in [0.4, 0.5) is 18.0 Å². The Morgan fingerprint density at radius 2 is 2.18 bits per heavy atom. The maximum atomic E-state index is 12.4. The SMILES string of the molecule is CC(CO)(NC(=O)NCCc1nc(C(F)(F)F)cs1)C1CC1. The summed E-state index contributed by atoms with van der Waals surface area (Å²) in [6.07, 6.45) is -2.27. The molecular weight excluding hydrogens is 319 g/mol. The van der Waals surface area contributed by atoms with Crippen molar-refractivity contribution < 1.29 is 23.1 Å². The maximum Gasteiger partial charge on any atom is 0.434 e. The molecule has 1 aromatic rings. The number of nitrogens with one attached hydrogen (secondary N) is 2. The molecule has 1 saturated carbocycles. The van der Waals surface area contributed by atoms with Crippen LogP contribution in [0.5, 0.6) is 0 Å². The summed E-state index contributed by atoms with van der Waals surface area (Å²) >= 11 is 0.918. The summed E-state index contributed by atoms with van der Waals surface area (Å²) in [4.78, 5) is 15.3. The molecule has 2 rings (SSSR count). The Hall–Kier alpha value is -1.35. The van der Waals surface area contributed by atoms with E-state index in [4.69, 9.17) is 0 Å². The fourth-order valence-corrected chi connectivity index (χ4v) is 2.94. The van der Waals surface area contributed by atoms with Gasteiger partial charge in [-0.05, 0) is 25.7 Å². The van der Waals surface area contributed by atoms with Gasteiger partial charge in [-0.1, -0.05) is 0 Å². The van der Waals surface area contributed by atoms with Crippen molar-refractivity contribution in [1.82, 2.24) is 15.6 Å². The number of aliphatic hydroxyl groups excluding tert-OH is 1. The highest BCUT2D eigenvalue weighted by Gasteiger charge is 2.42. The number of nitrogens with zero attached hydrogens (tertiary/aromatic N) is 1. The third-order valence-electron chi connectivity index (χ3n) is 3.67. The third kappa shape index (κ3) is 4.33. The normalized spacial score (nSPS) is 17.9. The monoisotopic (exact) mass is 337 g/mol. The van der Waals surface area contributed by atoms with Gasteiger partial charge in [-0.25, -0.2) is 9.78 Å². The van der Waals surface area contributed by atoms with Crippen LogP contribution in [0, 0.1) is 5.92 Å². The van der Waals surface area contributed by atoms with Crippen molar-refractivity contribution in [1.29, 1.82) is 0 Å². The zero-order chi connectivity index (χ0) is 16.4. The van der Waals surface area contributed by atoms with Crippen molar-refractivity contribution in [3.05, 3.63) is 16.1 Å². The lowest BCUT2D eigenvalue weighted by Crippen LogP contribution is -2.54.